The lowest BCUT2D eigenvalue weighted by Crippen LogP contribution is -2.30. The lowest BCUT2D eigenvalue weighted by molar-refractivity contribution is 0.300. The van der Waals surface area contributed by atoms with Crippen LogP contribution in [0.2, 0.25) is 5.02 Å². The van der Waals surface area contributed by atoms with Gasteiger partial charge in [-0.1, -0.05) is 25.4 Å². The molecule has 126 valence electrons. The number of rotatable bonds is 10. The van der Waals surface area contributed by atoms with E-state index < -0.39 is 10.0 Å². The summed E-state index contributed by atoms with van der Waals surface area (Å²) in [6.07, 6.45) is 0.755. The maximum absolute atomic E-state index is 12.4. The second-order valence-corrected chi connectivity index (χ2v) is 6.97. The zero-order valence-electron chi connectivity index (χ0n) is 13.4. The van der Waals surface area contributed by atoms with Crippen molar-refractivity contribution < 1.29 is 13.2 Å². The summed E-state index contributed by atoms with van der Waals surface area (Å²) in [6.45, 7) is 9.56. The number of ether oxygens (including phenoxy) is 1. The Morgan fingerprint density at radius 3 is 2.50 bits per heavy atom. The Morgan fingerprint density at radius 2 is 1.91 bits per heavy atom. The highest BCUT2D eigenvalue weighted by molar-refractivity contribution is 7.89. The van der Waals surface area contributed by atoms with E-state index in [1.54, 1.807) is 12.1 Å². The summed E-state index contributed by atoms with van der Waals surface area (Å²) in [7, 11) is -3.62. The van der Waals surface area contributed by atoms with Crippen molar-refractivity contribution in [3.05, 3.63) is 23.2 Å². The summed E-state index contributed by atoms with van der Waals surface area (Å²) in [5, 5.41) is 0.368. The highest BCUT2D eigenvalue weighted by Gasteiger charge is 2.19. The molecule has 1 N–H and O–H groups in total. The number of benzene rings is 1. The van der Waals surface area contributed by atoms with Crippen molar-refractivity contribution in [2.45, 2.75) is 32.1 Å². The number of sulfonamides is 1. The van der Waals surface area contributed by atoms with E-state index in [2.05, 4.69) is 23.5 Å². The molecule has 0 fully saturated rings. The van der Waals surface area contributed by atoms with Gasteiger partial charge in [0.25, 0.3) is 0 Å². The van der Waals surface area contributed by atoms with Gasteiger partial charge in [0.15, 0.2) is 0 Å². The molecule has 0 amide bonds. The van der Waals surface area contributed by atoms with Gasteiger partial charge in [-0.05, 0) is 51.2 Å². The molecule has 0 spiro atoms. The molecule has 1 aromatic carbocycles. The first kappa shape index (κ1) is 19.2. The lowest BCUT2D eigenvalue weighted by atomic mass is 10.3. The molecule has 0 aliphatic rings. The fourth-order valence-electron chi connectivity index (χ4n) is 2.09. The van der Waals surface area contributed by atoms with E-state index in [0.717, 1.165) is 26.1 Å². The van der Waals surface area contributed by atoms with Gasteiger partial charge < -0.3 is 9.64 Å². The van der Waals surface area contributed by atoms with E-state index in [1.165, 1.54) is 6.07 Å². The highest BCUT2D eigenvalue weighted by Crippen LogP contribution is 2.27. The smallest absolute Gasteiger partial charge is 0.244 e. The van der Waals surface area contributed by atoms with Crippen LogP contribution in [-0.2, 0) is 10.0 Å². The number of hydrogen-bond donors (Lipinski definition) is 1. The minimum Gasteiger partial charge on any atom is -0.492 e. The zero-order chi connectivity index (χ0) is 16.6. The SMILES string of the molecule is CCOc1ccc(Cl)cc1S(=O)(=O)NCCCN(CC)CC. The van der Waals surface area contributed by atoms with E-state index in [0.29, 0.717) is 23.9 Å². The van der Waals surface area contributed by atoms with Crippen molar-refractivity contribution >= 4 is 21.6 Å². The predicted molar refractivity (Wildman–Crippen MR) is 90.2 cm³/mol. The first-order chi connectivity index (χ1) is 10.4. The van der Waals surface area contributed by atoms with Crippen molar-refractivity contribution in [3.63, 3.8) is 0 Å². The zero-order valence-corrected chi connectivity index (χ0v) is 15.0. The van der Waals surface area contributed by atoms with Gasteiger partial charge in [-0.25, -0.2) is 13.1 Å². The molecule has 0 aliphatic carbocycles. The normalized spacial score (nSPS) is 11.9. The van der Waals surface area contributed by atoms with Crippen LogP contribution in [0.15, 0.2) is 23.1 Å². The average Bonchev–Trinajstić information content (AvgIpc) is 2.49. The third kappa shape index (κ3) is 5.76. The van der Waals surface area contributed by atoms with Crippen LogP contribution in [0, 0.1) is 0 Å². The number of hydrogen-bond acceptors (Lipinski definition) is 4. The standard InChI is InChI=1S/C15H25ClN2O3S/c1-4-18(5-2)11-7-10-17-22(19,20)15-12-13(16)8-9-14(15)21-6-3/h8-9,12,17H,4-7,10-11H2,1-3H3. The maximum atomic E-state index is 12.4. The summed E-state index contributed by atoms with van der Waals surface area (Å²) < 4.78 is 32.8. The van der Waals surface area contributed by atoms with Crippen LogP contribution in [0.3, 0.4) is 0 Å². The molecule has 0 aliphatic heterocycles. The molecule has 22 heavy (non-hydrogen) atoms. The van der Waals surface area contributed by atoms with Crippen LogP contribution in [0.4, 0.5) is 0 Å². The van der Waals surface area contributed by atoms with E-state index in [1.807, 2.05) is 6.92 Å². The minimum absolute atomic E-state index is 0.0877. The quantitative estimate of drug-likeness (QED) is 0.660. The summed E-state index contributed by atoms with van der Waals surface area (Å²) in [5.74, 6) is 0.322. The molecular weight excluding hydrogens is 324 g/mol. The fraction of sp³-hybridized carbons (Fsp3) is 0.600. The Hall–Kier alpha value is -0.820. The first-order valence-electron chi connectivity index (χ1n) is 7.58. The van der Waals surface area contributed by atoms with Crippen molar-refractivity contribution in [1.82, 2.24) is 9.62 Å². The average molecular weight is 349 g/mol. The van der Waals surface area contributed by atoms with Crippen LogP contribution in [0.5, 0.6) is 5.75 Å². The van der Waals surface area contributed by atoms with Crippen molar-refractivity contribution in [3.8, 4) is 5.75 Å². The topological polar surface area (TPSA) is 58.6 Å². The van der Waals surface area contributed by atoms with E-state index in [4.69, 9.17) is 16.3 Å². The molecule has 5 nitrogen and oxygen atoms in total. The fourth-order valence-corrected chi connectivity index (χ4v) is 3.57. The van der Waals surface area contributed by atoms with Crippen LogP contribution < -0.4 is 9.46 Å². The van der Waals surface area contributed by atoms with Gasteiger partial charge in [0.1, 0.15) is 10.6 Å². The molecule has 0 aromatic heterocycles. The Balaban J connectivity index is 2.72. The summed E-state index contributed by atoms with van der Waals surface area (Å²) >= 11 is 5.91. The third-order valence-electron chi connectivity index (χ3n) is 3.33. The van der Waals surface area contributed by atoms with E-state index in [-0.39, 0.29) is 4.90 Å². The third-order valence-corrected chi connectivity index (χ3v) is 5.05. The highest BCUT2D eigenvalue weighted by atomic mass is 35.5. The Kier molecular flexibility index (Phi) is 8.17. The van der Waals surface area contributed by atoms with Crippen LogP contribution >= 0.6 is 11.6 Å². The second-order valence-electron chi connectivity index (χ2n) is 4.80. The van der Waals surface area contributed by atoms with Gasteiger partial charge >= 0.3 is 0 Å². The van der Waals surface area contributed by atoms with Crippen molar-refractivity contribution in [1.29, 1.82) is 0 Å². The van der Waals surface area contributed by atoms with Gasteiger partial charge in [0.2, 0.25) is 10.0 Å². The van der Waals surface area contributed by atoms with Gasteiger partial charge in [-0.15, -0.1) is 0 Å². The van der Waals surface area contributed by atoms with Crippen LogP contribution in [-0.4, -0.2) is 46.1 Å². The molecule has 0 atom stereocenters. The first-order valence-corrected chi connectivity index (χ1v) is 9.45. The molecule has 0 radical (unpaired) electrons. The lowest BCUT2D eigenvalue weighted by Gasteiger charge is -2.18. The van der Waals surface area contributed by atoms with E-state index >= 15 is 0 Å². The Labute approximate surface area is 138 Å². The number of nitrogens with one attached hydrogen (secondary N) is 1. The van der Waals surface area contributed by atoms with Crippen LogP contribution in [0.25, 0.3) is 0 Å². The maximum Gasteiger partial charge on any atom is 0.244 e. The van der Waals surface area contributed by atoms with Gasteiger partial charge in [-0.3, -0.25) is 0 Å². The van der Waals surface area contributed by atoms with Crippen molar-refractivity contribution in [2.75, 3.05) is 32.8 Å². The summed E-state index contributed by atoms with van der Waals surface area (Å²) in [4.78, 5) is 2.34. The predicted octanol–water partition coefficient (Wildman–Crippen LogP) is 2.75. The largest absolute Gasteiger partial charge is 0.492 e. The van der Waals surface area contributed by atoms with Crippen LogP contribution in [0.1, 0.15) is 27.2 Å². The molecule has 0 bridgehead atoms. The molecule has 7 heteroatoms. The number of nitrogens with zero attached hydrogens (tertiary/aromatic N) is 1. The molecule has 1 rings (SSSR count). The van der Waals surface area contributed by atoms with Gasteiger partial charge in [0.05, 0.1) is 6.61 Å². The van der Waals surface area contributed by atoms with Gasteiger partial charge in [-0.2, -0.15) is 0 Å². The number of halogens is 1. The Morgan fingerprint density at radius 1 is 1.23 bits per heavy atom. The van der Waals surface area contributed by atoms with Crippen molar-refractivity contribution in [2.24, 2.45) is 0 Å². The minimum atomic E-state index is -3.62. The van der Waals surface area contributed by atoms with E-state index in [9.17, 15) is 8.42 Å². The molecule has 0 saturated carbocycles. The Bertz CT molecular complexity index is 560. The summed E-state index contributed by atoms with van der Waals surface area (Å²) in [5.41, 5.74) is 0. The molecule has 0 unspecified atom stereocenters. The molecule has 1 aromatic rings. The molecule has 0 saturated heterocycles. The summed E-state index contributed by atoms with van der Waals surface area (Å²) in [6, 6.07) is 4.61. The molecular formula is C15H25ClN2O3S. The monoisotopic (exact) mass is 348 g/mol. The second kappa shape index (κ2) is 9.35. The molecule has 0 heterocycles. The van der Waals surface area contributed by atoms with Gasteiger partial charge in [0, 0.05) is 11.6 Å².